The van der Waals surface area contributed by atoms with Crippen molar-refractivity contribution < 1.29 is 14.4 Å². The molecule has 3 rings (SSSR count). The Hall–Kier alpha value is -2.27. The Morgan fingerprint density at radius 3 is 2.62 bits per heavy atom. The van der Waals surface area contributed by atoms with E-state index in [1.54, 1.807) is 36.6 Å². The van der Waals surface area contributed by atoms with E-state index in [0.29, 0.717) is 11.5 Å². The van der Waals surface area contributed by atoms with Crippen LogP contribution in [-0.2, 0) is 4.79 Å². The number of alkyl halides is 1. The van der Waals surface area contributed by atoms with Crippen LogP contribution in [0.15, 0.2) is 59.2 Å². The van der Waals surface area contributed by atoms with Crippen LogP contribution < -0.4 is 5.48 Å². The second kappa shape index (κ2) is 6.32. The fraction of sp³-hybridized carbons (Fsp3) is 0.368. The van der Waals surface area contributed by atoms with E-state index < -0.39 is 23.4 Å². The lowest BCUT2D eigenvalue weighted by Crippen LogP contribution is -2.33. The van der Waals surface area contributed by atoms with Crippen LogP contribution in [0.5, 0.6) is 0 Å². The highest BCUT2D eigenvalue weighted by Crippen LogP contribution is 2.64. The zero-order valence-corrected chi connectivity index (χ0v) is 13.6. The topological polar surface area (TPSA) is 61.7 Å². The summed E-state index contributed by atoms with van der Waals surface area (Å²) in [5.41, 5.74) is 1.40. The van der Waals surface area contributed by atoms with Crippen molar-refractivity contribution in [1.82, 2.24) is 5.48 Å². The third kappa shape index (κ3) is 2.80. The summed E-state index contributed by atoms with van der Waals surface area (Å²) in [6.45, 7) is 5.82. The number of benzene rings is 1. The number of carbonyl (C=O) groups excluding carboxylic acids is 1. The summed E-state index contributed by atoms with van der Waals surface area (Å²) in [4.78, 5) is 16.3. The highest BCUT2D eigenvalue weighted by Gasteiger charge is 2.72. The normalized spacial score (nSPS) is 29.5. The lowest BCUT2D eigenvalue weighted by molar-refractivity contribution is -0.136. The SMILES string of the molecule is C=C(/C=C(\N=CC)C1CC1)[C@@H]1[C@@H](c2ccccc2)[C@]1(F)C(=O)NO. The van der Waals surface area contributed by atoms with E-state index in [2.05, 4.69) is 11.6 Å². The number of aliphatic imine (C=N–C) groups is 1. The Labute approximate surface area is 140 Å². The van der Waals surface area contributed by atoms with Crippen LogP contribution in [0.1, 0.15) is 31.2 Å². The second-order valence-electron chi connectivity index (χ2n) is 6.38. The molecule has 4 nitrogen and oxygen atoms in total. The minimum atomic E-state index is -2.19. The molecule has 0 spiro atoms. The standard InChI is InChI=1S/C19H21FN2O2/c1-3-21-15(13-9-10-13)11-12(2)16-17(14-7-5-4-6-8-14)19(16,20)18(23)22-24/h3-8,11,13,16-17,24H,2,9-10H2,1H3,(H,22,23)/b15-11-,21-3?/t16-,17-,19+/m1/s1. The highest BCUT2D eigenvalue weighted by atomic mass is 19.1. The molecule has 5 heteroatoms. The summed E-state index contributed by atoms with van der Waals surface area (Å²) >= 11 is 0. The molecule has 0 aromatic heterocycles. The monoisotopic (exact) mass is 328 g/mol. The first kappa shape index (κ1) is 16.6. The Morgan fingerprint density at radius 2 is 2.08 bits per heavy atom. The molecule has 0 heterocycles. The van der Waals surface area contributed by atoms with Gasteiger partial charge in [-0.15, -0.1) is 0 Å². The van der Waals surface area contributed by atoms with Crippen molar-refractivity contribution in [3.8, 4) is 0 Å². The molecular formula is C19H21FN2O2. The van der Waals surface area contributed by atoms with Crippen molar-refractivity contribution in [3.05, 3.63) is 59.8 Å². The molecule has 0 saturated heterocycles. The van der Waals surface area contributed by atoms with Gasteiger partial charge in [0, 0.05) is 29.7 Å². The van der Waals surface area contributed by atoms with Crippen molar-refractivity contribution in [2.75, 3.05) is 0 Å². The largest absolute Gasteiger partial charge is 0.289 e. The zero-order chi connectivity index (χ0) is 17.3. The average molecular weight is 328 g/mol. The van der Waals surface area contributed by atoms with Gasteiger partial charge in [0.2, 0.25) is 5.67 Å². The number of carbonyl (C=O) groups is 1. The van der Waals surface area contributed by atoms with Crippen molar-refractivity contribution in [2.24, 2.45) is 16.8 Å². The van der Waals surface area contributed by atoms with Crippen LogP contribution in [0.3, 0.4) is 0 Å². The van der Waals surface area contributed by atoms with Gasteiger partial charge in [-0.25, -0.2) is 9.87 Å². The van der Waals surface area contributed by atoms with Crippen molar-refractivity contribution in [3.63, 3.8) is 0 Å². The number of allylic oxidation sites excluding steroid dienone is 3. The number of nitrogens with one attached hydrogen (secondary N) is 1. The highest BCUT2D eigenvalue weighted by molar-refractivity contribution is 5.91. The van der Waals surface area contributed by atoms with Crippen molar-refractivity contribution >= 4 is 12.1 Å². The molecule has 1 aromatic carbocycles. The Morgan fingerprint density at radius 1 is 1.42 bits per heavy atom. The lowest BCUT2D eigenvalue weighted by atomic mass is 10.0. The van der Waals surface area contributed by atoms with Crippen molar-refractivity contribution in [2.45, 2.75) is 31.4 Å². The molecular weight excluding hydrogens is 307 g/mol. The summed E-state index contributed by atoms with van der Waals surface area (Å²) in [7, 11) is 0. The number of halogens is 1. The first-order valence-electron chi connectivity index (χ1n) is 8.11. The maximum absolute atomic E-state index is 15.3. The van der Waals surface area contributed by atoms with E-state index in [0.717, 1.165) is 24.1 Å². The van der Waals surface area contributed by atoms with E-state index in [1.807, 2.05) is 13.0 Å². The molecule has 126 valence electrons. The minimum absolute atomic E-state index is 0.396. The quantitative estimate of drug-likeness (QED) is 0.363. The molecule has 1 amide bonds. The number of hydrogen-bond donors (Lipinski definition) is 2. The molecule has 24 heavy (non-hydrogen) atoms. The number of rotatable bonds is 6. The summed E-state index contributed by atoms with van der Waals surface area (Å²) in [6, 6.07) is 9.01. The molecule has 2 aliphatic carbocycles. The summed E-state index contributed by atoms with van der Waals surface area (Å²) < 4.78 is 15.3. The molecule has 3 atom stereocenters. The third-order valence-corrected chi connectivity index (χ3v) is 4.74. The van der Waals surface area contributed by atoms with Gasteiger partial charge in [-0.1, -0.05) is 36.9 Å². The van der Waals surface area contributed by atoms with Crippen LogP contribution in [0.25, 0.3) is 0 Å². The molecule has 2 aliphatic rings. The number of hydroxylamine groups is 1. The van der Waals surface area contributed by atoms with Crippen LogP contribution in [-0.4, -0.2) is 23.0 Å². The van der Waals surface area contributed by atoms with Gasteiger partial charge in [0.05, 0.1) is 0 Å². The van der Waals surface area contributed by atoms with E-state index >= 15 is 4.39 Å². The van der Waals surface area contributed by atoms with Crippen LogP contribution >= 0.6 is 0 Å². The zero-order valence-electron chi connectivity index (χ0n) is 13.6. The predicted octanol–water partition coefficient (Wildman–Crippen LogP) is 3.55. The maximum atomic E-state index is 15.3. The van der Waals surface area contributed by atoms with E-state index in [-0.39, 0.29) is 0 Å². The lowest BCUT2D eigenvalue weighted by Gasteiger charge is -2.06. The fourth-order valence-electron chi connectivity index (χ4n) is 3.37. The summed E-state index contributed by atoms with van der Waals surface area (Å²) in [5, 5.41) is 8.93. The second-order valence-corrected chi connectivity index (χ2v) is 6.38. The fourth-order valence-corrected chi connectivity index (χ4v) is 3.37. The van der Waals surface area contributed by atoms with Gasteiger partial charge in [-0.05, 0) is 37.0 Å². The van der Waals surface area contributed by atoms with Crippen LogP contribution in [0.2, 0.25) is 0 Å². The van der Waals surface area contributed by atoms with Crippen LogP contribution in [0, 0.1) is 11.8 Å². The third-order valence-electron chi connectivity index (χ3n) is 4.74. The van der Waals surface area contributed by atoms with Gasteiger partial charge in [0.1, 0.15) is 0 Å². The van der Waals surface area contributed by atoms with Gasteiger partial charge < -0.3 is 0 Å². The number of amides is 1. The molecule has 1 aromatic rings. The molecule has 2 fully saturated rings. The van der Waals surface area contributed by atoms with Gasteiger partial charge in [0.15, 0.2) is 0 Å². The Balaban J connectivity index is 1.91. The summed E-state index contributed by atoms with van der Waals surface area (Å²) in [6.07, 6.45) is 5.65. The summed E-state index contributed by atoms with van der Waals surface area (Å²) in [5.74, 6) is -1.98. The van der Waals surface area contributed by atoms with E-state index in [4.69, 9.17) is 5.21 Å². The van der Waals surface area contributed by atoms with E-state index in [9.17, 15) is 4.79 Å². The smallest absolute Gasteiger partial charge is 0.282 e. The molecule has 2 N–H and O–H groups in total. The molecule has 2 saturated carbocycles. The molecule has 0 radical (unpaired) electrons. The van der Waals surface area contributed by atoms with Gasteiger partial charge in [0.25, 0.3) is 5.91 Å². The maximum Gasteiger partial charge on any atom is 0.282 e. The van der Waals surface area contributed by atoms with Gasteiger partial charge in [-0.2, -0.15) is 0 Å². The number of nitrogens with zero attached hydrogens (tertiary/aromatic N) is 1. The average Bonchev–Trinajstić information content (AvgIpc) is 3.49. The molecule has 0 aliphatic heterocycles. The van der Waals surface area contributed by atoms with Crippen molar-refractivity contribution in [1.29, 1.82) is 0 Å². The Kier molecular flexibility index (Phi) is 4.37. The number of hydrogen-bond acceptors (Lipinski definition) is 3. The first-order chi connectivity index (χ1) is 11.5. The van der Waals surface area contributed by atoms with Gasteiger partial charge in [-0.3, -0.25) is 15.0 Å². The van der Waals surface area contributed by atoms with Crippen LogP contribution in [0.4, 0.5) is 4.39 Å². The minimum Gasteiger partial charge on any atom is -0.289 e. The van der Waals surface area contributed by atoms with E-state index in [1.165, 1.54) is 5.48 Å². The predicted molar refractivity (Wildman–Crippen MR) is 90.6 cm³/mol. The molecule has 0 bridgehead atoms. The molecule has 0 unspecified atom stereocenters. The first-order valence-corrected chi connectivity index (χ1v) is 8.11. The van der Waals surface area contributed by atoms with Gasteiger partial charge >= 0.3 is 0 Å². The Bertz CT molecular complexity index is 709.